The van der Waals surface area contributed by atoms with E-state index in [1.165, 1.54) is 18.5 Å². The molecule has 1 saturated heterocycles. The number of piperazine rings is 1. The molecular weight excluding hydrogens is 236 g/mol. The summed E-state index contributed by atoms with van der Waals surface area (Å²) in [5.41, 5.74) is 1.31. The van der Waals surface area contributed by atoms with Crippen LogP contribution in [0.5, 0.6) is 0 Å². The van der Waals surface area contributed by atoms with Crippen LogP contribution in [0.3, 0.4) is 0 Å². The van der Waals surface area contributed by atoms with E-state index in [0.717, 1.165) is 32.0 Å². The lowest BCUT2D eigenvalue weighted by molar-refractivity contribution is 0.258. The van der Waals surface area contributed by atoms with Crippen LogP contribution in [-0.2, 0) is 0 Å². The molecule has 1 aromatic rings. The Morgan fingerprint density at radius 3 is 2.68 bits per heavy atom. The maximum atomic E-state index is 4.53. The van der Waals surface area contributed by atoms with E-state index in [9.17, 15) is 0 Å². The van der Waals surface area contributed by atoms with E-state index in [1.54, 1.807) is 0 Å². The third kappa shape index (κ3) is 3.67. The lowest BCUT2D eigenvalue weighted by Gasteiger charge is -2.35. The summed E-state index contributed by atoms with van der Waals surface area (Å²) >= 11 is 0. The first-order valence-corrected chi connectivity index (χ1v) is 7.35. The molecular formula is C15H26N4. The van der Waals surface area contributed by atoms with Crippen molar-refractivity contribution >= 4 is 5.82 Å². The summed E-state index contributed by atoms with van der Waals surface area (Å²) in [5, 5.41) is 3.28. The quantitative estimate of drug-likeness (QED) is 0.878. The molecule has 0 bridgehead atoms. The van der Waals surface area contributed by atoms with Crippen LogP contribution in [0.1, 0.15) is 31.9 Å². The first-order valence-electron chi connectivity index (χ1n) is 7.35. The van der Waals surface area contributed by atoms with Crippen molar-refractivity contribution in [2.24, 2.45) is 0 Å². The number of hydrogen-bond acceptors (Lipinski definition) is 4. The van der Waals surface area contributed by atoms with Crippen LogP contribution < -0.4 is 10.2 Å². The highest BCUT2D eigenvalue weighted by atomic mass is 15.3. The number of aromatic nitrogens is 1. The van der Waals surface area contributed by atoms with Gasteiger partial charge in [-0.15, -0.1) is 0 Å². The van der Waals surface area contributed by atoms with Gasteiger partial charge in [-0.2, -0.15) is 0 Å². The Morgan fingerprint density at radius 1 is 1.32 bits per heavy atom. The molecule has 0 aromatic carbocycles. The highest BCUT2D eigenvalue weighted by Crippen LogP contribution is 2.19. The van der Waals surface area contributed by atoms with Gasteiger partial charge < -0.3 is 10.2 Å². The number of hydrogen-bond donors (Lipinski definition) is 1. The standard InChI is InChI=1S/C15H26N4/c1-4-7-18-8-10-19(11-9-18)15-12-14(5-6-17-15)13(2)16-3/h5-6,12-13,16H,4,7-11H2,1-3H3. The molecule has 0 spiro atoms. The number of anilines is 1. The molecule has 1 N–H and O–H groups in total. The van der Waals surface area contributed by atoms with Gasteiger partial charge >= 0.3 is 0 Å². The van der Waals surface area contributed by atoms with Crippen molar-refractivity contribution in [3.63, 3.8) is 0 Å². The minimum Gasteiger partial charge on any atom is -0.354 e. The molecule has 1 aliphatic heterocycles. The summed E-state index contributed by atoms with van der Waals surface area (Å²) in [5.74, 6) is 1.12. The lowest BCUT2D eigenvalue weighted by atomic mass is 10.1. The van der Waals surface area contributed by atoms with Crippen molar-refractivity contribution in [1.29, 1.82) is 0 Å². The van der Waals surface area contributed by atoms with Gasteiger partial charge in [0.05, 0.1) is 0 Å². The Balaban J connectivity index is 1.99. The molecule has 19 heavy (non-hydrogen) atoms. The summed E-state index contributed by atoms with van der Waals surface area (Å²) < 4.78 is 0. The minimum absolute atomic E-state index is 0.378. The number of nitrogens with zero attached hydrogens (tertiary/aromatic N) is 3. The molecule has 0 amide bonds. The summed E-state index contributed by atoms with van der Waals surface area (Å²) in [7, 11) is 1.99. The topological polar surface area (TPSA) is 31.4 Å². The monoisotopic (exact) mass is 262 g/mol. The van der Waals surface area contributed by atoms with Gasteiger partial charge in [0.2, 0.25) is 0 Å². The fraction of sp³-hybridized carbons (Fsp3) is 0.667. The molecule has 1 fully saturated rings. The van der Waals surface area contributed by atoms with Gasteiger partial charge in [-0.25, -0.2) is 4.98 Å². The van der Waals surface area contributed by atoms with E-state index in [2.05, 4.69) is 46.1 Å². The predicted molar refractivity (Wildman–Crippen MR) is 80.7 cm³/mol. The highest BCUT2D eigenvalue weighted by Gasteiger charge is 2.17. The molecule has 1 atom stereocenters. The van der Waals surface area contributed by atoms with Crippen LogP contribution in [0, 0.1) is 0 Å². The van der Waals surface area contributed by atoms with Gasteiger partial charge in [0.25, 0.3) is 0 Å². The summed E-state index contributed by atoms with van der Waals surface area (Å²) in [6, 6.07) is 4.69. The second-order valence-electron chi connectivity index (χ2n) is 5.29. The van der Waals surface area contributed by atoms with Gasteiger partial charge in [0, 0.05) is 38.4 Å². The zero-order chi connectivity index (χ0) is 13.7. The highest BCUT2D eigenvalue weighted by molar-refractivity contribution is 5.42. The van der Waals surface area contributed by atoms with E-state index in [0.29, 0.717) is 6.04 Å². The van der Waals surface area contributed by atoms with E-state index in [-0.39, 0.29) is 0 Å². The molecule has 0 radical (unpaired) electrons. The molecule has 4 heteroatoms. The maximum Gasteiger partial charge on any atom is 0.128 e. The zero-order valence-corrected chi connectivity index (χ0v) is 12.4. The van der Waals surface area contributed by atoms with Crippen LogP contribution in [0.4, 0.5) is 5.82 Å². The van der Waals surface area contributed by atoms with Gasteiger partial charge in [0.1, 0.15) is 5.82 Å². The smallest absolute Gasteiger partial charge is 0.128 e. The normalized spacial score (nSPS) is 18.6. The molecule has 0 aliphatic carbocycles. The zero-order valence-electron chi connectivity index (χ0n) is 12.4. The fourth-order valence-corrected chi connectivity index (χ4v) is 2.56. The minimum atomic E-state index is 0.378. The Labute approximate surface area is 116 Å². The second kappa shape index (κ2) is 6.87. The average molecular weight is 262 g/mol. The Bertz CT molecular complexity index is 385. The lowest BCUT2D eigenvalue weighted by Crippen LogP contribution is -2.46. The average Bonchev–Trinajstić information content (AvgIpc) is 2.48. The van der Waals surface area contributed by atoms with Crippen LogP contribution >= 0.6 is 0 Å². The molecule has 2 heterocycles. The van der Waals surface area contributed by atoms with Crippen molar-refractivity contribution in [2.45, 2.75) is 26.3 Å². The molecule has 106 valence electrons. The van der Waals surface area contributed by atoms with E-state index >= 15 is 0 Å². The SMILES string of the molecule is CCCN1CCN(c2cc(C(C)NC)ccn2)CC1. The molecule has 1 aliphatic rings. The Kier molecular flexibility index (Phi) is 5.16. The Morgan fingerprint density at radius 2 is 2.05 bits per heavy atom. The third-order valence-corrected chi connectivity index (χ3v) is 3.94. The molecule has 2 rings (SSSR count). The van der Waals surface area contributed by atoms with Crippen molar-refractivity contribution in [3.8, 4) is 0 Å². The second-order valence-corrected chi connectivity index (χ2v) is 5.29. The van der Waals surface area contributed by atoms with Crippen molar-refractivity contribution in [1.82, 2.24) is 15.2 Å². The largest absolute Gasteiger partial charge is 0.354 e. The number of pyridine rings is 1. The molecule has 4 nitrogen and oxygen atoms in total. The summed E-state index contributed by atoms with van der Waals surface area (Å²) in [4.78, 5) is 9.47. The van der Waals surface area contributed by atoms with Crippen LogP contribution in [0.25, 0.3) is 0 Å². The molecule has 1 unspecified atom stereocenters. The number of rotatable bonds is 5. The summed E-state index contributed by atoms with van der Waals surface area (Å²) in [6.45, 7) is 10.1. The molecule has 0 saturated carbocycles. The van der Waals surface area contributed by atoms with E-state index < -0.39 is 0 Å². The van der Waals surface area contributed by atoms with Crippen LogP contribution in [0.2, 0.25) is 0 Å². The first kappa shape index (κ1) is 14.3. The van der Waals surface area contributed by atoms with Gasteiger partial charge in [-0.05, 0) is 44.6 Å². The van der Waals surface area contributed by atoms with Crippen molar-refractivity contribution in [3.05, 3.63) is 23.9 Å². The van der Waals surface area contributed by atoms with Gasteiger partial charge in [-0.3, -0.25) is 4.90 Å². The predicted octanol–water partition coefficient (Wildman–Crippen LogP) is 1.89. The molecule has 1 aromatic heterocycles. The number of nitrogens with one attached hydrogen (secondary N) is 1. The fourth-order valence-electron chi connectivity index (χ4n) is 2.56. The van der Waals surface area contributed by atoms with Crippen LogP contribution in [-0.4, -0.2) is 49.7 Å². The summed E-state index contributed by atoms with van der Waals surface area (Å²) in [6.07, 6.45) is 3.17. The maximum absolute atomic E-state index is 4.53. The first-order chi connectivity index (χ1) is 9.24. The van der Waals surface area contributed by atoms with Gasteiger partial charge in [-0.1, -0.05) is 6.92 Å². The van der Waals surface area contributed by atoms with E-state index in [1.807, 2.05) is 13.2 Å². The Hall–Kier alpha value is -1.13. The third-order valence-electron chi connectivity index (χ3n) is 3.94. The van der Waals surface area contributed by atoms with Gasteiger partial charge in [0.15, 0.2) is 0 Å². The van der Waals surface area contributed by atoms with Crippen LogP contribution in [0.15, 0.2) is 18.3 Å². The van der Waals surface area contributed by atoms with E-state index in [4.69, 9.17) is 0 Å². The van der Waals surface area contributed by atoms with Crippen molar-refractivity contribution < 1.29 is 0 Å². The van der Waals surface area contributed by atoms with Crippen molar-refractivity contribution in [2.75, 3.05) is 44.7 Å².